The molecule has 2 aliphatic rings. The normalized spacial score (nSPS) is 17.0. The van der Waals surface area contributed by atoms with Gasteiger partial charge in [0.25, 0.3) is 0 Å². The number of nitrogen functional groups attached to an aromatic ring is 1. The van der Waals surface area contributed by atoms with Crippen LogP contribution in [0, 0.1) is 5.82 Å². The minimum absolute atomic E-state index is 0.157. The first-order valence-electron chi connectivity index (χ1n) is 9.52. The van der Waals surface area contributed by atoms with Gasteiger partial charge < -0.3 is 20.4 Å². The van der Waals surface area contributed by atoms with E-state index in [1.165, 1.54) is 12.1 Å². The van der Waals surface area contributed by atoms with Crippen LogP contribution >= 0.6 is 0 Å². The maximum atomic E-state index is 13.1. The van der Waals surface area contributed by atoms with E-state index in [2.05, 4.69) is 15.9 Å². The minimum atomic E-state index is -0.227. The summed E-state index contributed by atoms with van der Waals surface area (Å²) < 4.78 is 13.1. The number of halogens is 1. The van der Waals surface area contributed by atoms with E-state index in [9.17, 15) is 9.18 Å². The first-order valence-corrected chi connectivity index (χ1v) is 9.52. The Kier molecular flexibility index (Phi) is 4.88. The van der Waals surface area contributed by atoms with Crippen molar-refractivity contribution in [3.8, 4) is 0 Å². The summed E-state index contributed by atoms with van der Waals surface area (Å²) in [5, 5.41) is 0. The average Bonchev–Trinajstić information content (AvgIpc) is 2.69. The van der Waals surface area contributed by atoms with Crippen molar-refractivity contribution in [3.63, 3.8) is 0 Å². The van der Waals surface area contributed by atoms with E-state index in [1.54, 1.807) is 12.1 Å². The van der Waals surface area contributed by atoms with Crippen molar-refractivity contribution < 1.29 is 9.18 Å². The molecule has 0 bridgehead atoms. The molecule has 0 aromatic heterocycles. The second-order valence-corrected chi connectivity index (χ2v) is 7.21. The fraction of sp³-hybridized carbons (Fsp3) is 0.381. The zero-order valence-corrected chi connectivity index (χ0v) is 15.4. The van der Waals surface area contributed by atoms with E-state index in [-0.39, 0.29) is 11.7 Å². The zero-order valence-electron chi connectivity index (χ0n) is 15.4. The first kappa shape index (κ1) is 17.6. The summed E-state index contributed by atoms with van der Waals surface area (Å²) in [7, 11) is 0. The Hall–Kier alpha value is -2.76. The molecule has 0 atom stereocenters. The molecule has 27 heavy (non-hydrogen) atoms. The number of nitrogens with zero attached hydrogens (tertiary/aromatic N) is 3. The van der Waals surface area contributed by atoms with Crippen molar-refractivity contribution in [1.82, 2.24) is 4.90 Å². The van der Waals surface area contributed by atoms with E-state index in [0.29, 0.717) is 19.6 Å². The van der Waals surface area contributed by atoms with E-state index in [1.807, 2.05) is 17.0 Å². The van der Waals surface area contributed by atoms with Crippen molar-refractivity contribution >= 4 is 23.0 Å². The van der Waals surface area contributed by atoms with Crippen LogP contribution in [0.5, 0.6) is 0 Å². The number of carbonyl (C=O) groups is 1. The summed E-state index contributed by atoms with van der Waals surface area (Å²) in [6, 6.07) is 12.5. The van der Waals surface area contributed by atoms with Gasteiger partial charge in [-0.05, 0) is 54.8 Å². The summed E-state index contributed by atoms with van der Waals surface area (Å²) in [6.45, 7) is 4.19. The van der Waals surface area contributed by atoms with Gasteiger partial charge >= 0.3 is 0 Å². The molecule has 2 N–H and O–H groups in total. The second kappa shape index (κ2) is 7.47. The number of hydrogen-bond acceptors (Lipinski definition) is 4. The van der Waals surface area contributed by atoms with E-state index in [0.717, 1.165) is 55.1 Å². The number of carbonyl (C=O) groups excluding carboxylic acids is 1. The average molecular weight is 368 g/mol. The SMILES string of the molecule is Nc1cccc2c1CCCN2CC(=O)N1CCN(c2ccc(F)cc2)CC1. The van der Waals surface area contributed by atoms with Crippen molar-refractivity contribution in [1.29, 1.82) is 0 Å². The van der Waals surface area contributed by atoms with Gasteiger partial charge in [-0.2, -0.15) is 0 Å². The van der Waals surface area contributed by atoms with Gasteiger partial charge in [0.05, 0.1) is 6.54 Å². The quantitative estimate of drug-likeness (QED) is 0.846. The Bertz CT molecular complexity index is 815. The van der Waals surface area contributed by atoms with Gasteiger partial charge in [-0.15, -0.1) is 0 Å². The molecule has 0 aliphatic carbocycles. The predicted molar refractivity (Wildman–Crippen MR) is 107 cm³/mol. The fourth-order valence-electron chi connectivity index (χ4n) is 4.02. The van der Waals surface area contributed by atoms with E-state index in [4.69, 9.17) is 5.73 Å². The fourth-order valence-corrected chi connectivity index (χ4v) is 4.02. The number of rotatable bonds is 3. The molecule has 2 aromatic rings. The van der Waals surface area contributed by atoms with Crippen LogP contribution in [-0.4, -0.2) is 50.1 Å². The van der Waals surface area contributed by atoms with Gasteiger partial charge in [-0.25, -0.2) is 4.39 Å². The van der Waals surface area contributed by atoms with E-state index < -0.39 is 0 Å². The molecule has 1 amide bonds. The minimum Gasteiger partial charge on any atom is -0.398 e. The van der Waals surface area contributed by atoms with Crippen LogP contribution in [0.15, 0.2) is 42.5 Å². The van der Waals surface area contributed by atoms with Crippen LogP contribution in [0.2, 0.25) is 0 Å². The summed E-state index contributed by atoms with van der Waals surface area (Å²) >= 11 is 0. The van der Waals surface area contributed by atoms with Crippen LogP contribution in [0.4, 0.5) is 21.5 Å². The Balaban J connectivity index is 1.37. The number of benzene rings is 2. The number of amides is 1. The largest absolute Gasteiger partial charge is 0.398 e. The van der Waals surface area contributed by atoms with Crippen molar-refractivity contribution in [2.24, 2.45) is 0 Å². The molecular weight excluding hydrogens is 343 g/mol. The van der Waals surface area contributed by atoms with Gasteiger partial charge in [0.15, 0.2) is 0 Å². The van der Waals surface area contributed by atoms with Gasteiger partial charge in [-0.1, -0.05) is 6.07 Å². The maximum absolute atomic E-state index is 13.1. The maximum Gasteiger partial charge on any atom is 0.242 e. The molecule has 0 spiro atoms. The van der Waals surface area contributed by atoms with Crippen LogP contribution in [0.1, 0.15) is 12.0 Å². The molecule has 142 valence electrons. The second-order valence-electron chi connectivity index (χ2n) is 7.21. The molecular formula is C21H25FN4O. The standard InChI is InChI=1S/C21H25FN4O/c22-16-6-8-17(9-7-16)24-11-13-25(14-12-24)21(27)15-26-10-2-3-18-19(23)4-1-5-20(18)26/h1,4-9H,2-3,10-15,23H2. The highest BCUT2D eigenvalue weighted by molar-refractivity contribution is 5.83. The number of hydrogen-bond donors (Lipinski definition) is 1. The molecule has 2 heterocycles. The van der Waals surface area contributed by atoms with Crippen LogP contribution in [0.3, 0.4) is 0 Å². The van der Waals surface area contributed by atoms with Gasteiger partial charge in [0.2, 0.25) is 5.91 Å². The highest BCUT2D eigenvalue weighted by Crippen LogP contribution is 2.31. The topological polar surface area (TPSA) is 52.8 Å². The van der Waals surface area contributed by atoms with Gasteiger partial charge in [0.1, 0.15) is 5.82 Å². The molecule has 0 unspecified atom stereocenters. The van der Waals surface area contributed by atoms with Gasteiger partial charge in [0, 0.05) is 49.8 Å². The number of nitrogens with two attached hydrogens (primary N) is 1. The lowest BCUT2D eigenvalue weighted by Crippen LogP contribution is -2.51. The Labute approximate surface area is 159 Å². The highest BCUT2D eigenvalue weighted by atomic mass is 19.1. The summed E-state index contributed by atoms with van der Waals surface area (Å²) in [6.07, 6.45) is 2.00. The van der Waals surface area contributed by atoms with Crippen LogP contribution in [0.25, 0.3) is 0 Å². The first-order chi connectivity index (χ1) is 13.1. The number of piperazine rings is 1. The molecule has 2 aromatic carbocycles. The molecule has 5 nitrogen and oxygen atoms in total. The molecule has 0 radical (unpaired) electrons. The van der Waals surface area contributed by atoms with Gasteiger partial charge in [-0.3, -0.25) is 4.79 Å². The van der Waals surface area contributed by atoms with Crippen LogP contribution < -0.4 is 15.5 Å². The summed E-state index contributed by atoms with van der Waals surface area (Å²) in [5.74, 6) is -0.0703. The summed E-state index contributed by atoms with van der Waals surface area (Å²) in [4.78, 5) is 19.1. The molecule has 6 heteroatoms. The third kappa shape index (κ3) is 3.70. The zero-order chi connectivity index (χ0) is 18.8. The highest BCUT2D eigenvalue weighted by Gasteiger charge is 2.25. The third-order valence-electron chi connectivity index (χ3n) is 5.53. The molecule has 4 rings (SSSR count). The Morgan fingerprint density at radius 2 is 1.74 bits per heavy atom. The third-order valence-corrected chi connectivity index (χ3v) is 5.53. The Morgan fingerprint density at radius 1 is 1.00 bits per heavy atom. The van der Waals surface area contributed by atoms with E-state index >= 15 is 0 Å². The number of anilines is 3. The van der Waals surface area contributed by atoms with Crippen molar-refractivity contribution in [2.45, 2.75) is 12.8 Å². The molecule has 2 aliphatic heterocycles. The Morgan fingerprint density at radius 3 is 2.48 bits per heavy atom. The monoisotopic (exact) mass is 368 g/mol. The van der Waals surface area contributed by atoms with Crippen molar-refractivity contribution in [2.75, 3.05) is 54.8 Å². The van der Waals surface area contributed by atoms with Crippen LogP contribution in [-0.2, 0) is 11.2 Å². The number of fused-ring (bicyclic) bond motifs is 1. The lowest BCUT2D eigenvalue weighted by atomic mass is 10.00. The van der Waals surface area contributed by atoms with Crippen molar-refractivity contribution in [3.05, 3.63) is 53.8 Å². The lowest BCUT2D eigenvalue weighted by Gasteiger charge is -2.38. The predicted octanol–water partition coefficient (Wildman–Crippen LogP) is 2.51. The smallest absolute Gasteiger partial charge is 0.242 e. The molecule has 0 saturated carbocycles. The lowest BCUT2D eigenvalue weighted by molar-refractivity contribution is -0.130. The summed E-state index contributed by atoms with van der Waals surface area (Å²) in [5.41, 5.74) is 10.2. The molecule has 1 saturated heterocycles. The molecule has 1 fully saturated rings.